The van der Waals surface area contributed by atoms with Crippen LogP contribution in [0.4, 0.5) is 5.82 Å². The number of aryl methyl sites for hydroxylation is 1. The molecule has 3 aromatic rings. The second-order valence-electron chi connectivity index (χ2n) is 3.77. The van der Waals surface area contributed by atoms with Crippen molar-refractivity contribution < 1.29 is 4.42 Å². The molecule has 0 aliphatic rings. The number of hydrogen-bond donors (Lipinski definition) is 2. The average molecular weight is 213 g/mol. The Hall–Kier alpha value is -2.23. The number of aromatic nitrogens is 2. The van der Waals surface area contributed by atoms with Crippen LogP contribution in [0.2, 0.25) is 0 Å². The van der Waals surface area contributed by atoms with Crippen LogP contribution in [0.25, 0.3) is 22.1 Å². The van der Waals surface area contributed by atoms with Gasteiger partial charge < -0.3 is 10.2 Å². The van der Waals surface area contributed by atoms with Crippen molar-refractivity contribution in [2.24, 2.45) is 0 Å². The fourth-order valence-corrected chi connectivity index (χ4v) is 1.93. The molecular formula is C12H11N3O. The molecule has 0 amide bonds. The predicted octanol–water partition coefficient (Wildman–Crippen LogP) is 2.71. The van der Waals surface area contributed by atoms with E-state index in [4.69, 9.17) is 10.2 Å². The van der Waals surface area contributed by atoms with Crippen molar-refractivity contribution in [2.75, 3.05) is 5.73 Å². The topological polar surface area (TPSA) is 67.8 Å². The highest BCUT2D eigenvalue weighted by Gasteiger charge is 2.10. The fourth-order valence-electron chi connectivity index (χ4n) is 1.93. The number of aromatic amines is 1. The molecule has 0 aliphatic heterocycles. The van der Waals surface area contributed by atoms with E-state index in [-0.39, 0.29) is 0 Å². The summed E-state index contributed by atoms with van der Waals surface area (Å²) >= 11 is 0. The van der Waals surface area contributed by atoms with E-state index in [1.165, 1.54) is 0 Å². The Kier molecular flexibility index (Phi) is 1.77. The summed E-state index contributed by atoms with van der Waals surface area (Å²) in [7, 11) is 0. The second-order valence-corrected chi connectivity index (χ2v) is 3.77. The first-order valence-corrected chi connectivity index (χ1v) is 5.04. The molecule has 2 heterocycles. The number of furan rings is 1. The van der Waals surface area contributed by atoms with E-state index in [0.717, 1.165) is 27.9 Å². The minimum absolute atomic E-state index is 0.575. The first kappa shape index (κ1) is 9.03. The Labute approximate surface area is 92.1 Å². The van der Waals surface area contributed by atoms with Crippen LogP contribution in [0.15, 0.2) is 34.9 Å². The van der Waals surface area contributed by atoms with E-state index in [1.807, 2.05) is 31.2 Å². The normalized spacial score (nSPS) is 11.1. The number of nitrogen functional groups attached to an aromatic ring is 1. The lowest BCUT2D eigenvalue weighted by Crippen LogP contribution is -1.87. The molecule has 0 saturated carbocycles. The number of rotatable bonds is 1. The second kappa shape index (κ2) is 3.13. The van der Waals surface area contributed by atoms with Gasteiger partial charge in [-0.15, -0.1) is 0 Å². The number of nitrogens with zero attached hydrogens (tertiary/aromatic N) is 1. The van der Waals surface area contributed by atoms with Crippen molar-refractivity contribution in [1.82, 2.24) is 10.2 Å². The molecule has 80 valence electrons. The molecular weight excluding hydrogens is 202 g/mol. The van der Waals surface area contributed by atoms with Gasteiger partial charge in [-0.3, -0.25) is 5.10 Å². The van der Waals surface area contributed by atoms with Crippen molar-refractivity contribution in [3.05, 3.63) is 36.2 Å². The van der Waals surface area contributed by atoms with Gasteiger partial charge in [-0.05, 0) is 24.6 Å². The van der Waals surface area contributed by atoms with Gasteiger partial charge in [-0.1, -0.05) is 12.1 Å². The number of nitrogens with one attached hydrogen (secondary N) is 1. The van der Waals surface area contributed by atoms with Crippen molar-refractivity contribution in [3.8, 4) is 11.1 Å². The monoisotopic (exact) mass is 213 g/mol. The van der Waals surface area contributed by atoms with Gasteiger partial charge in [-0.25, -0.2) is 0 Å². The number of fused-ring (bicyclic) bond motifs is 1. The highest BCUT2D eigenvalue weighted by Crippen LogP contribution is 2.32. The van der Waals surface area contributed by atoms with E-state index in [2.05, 4.69) is 10.2 Å². The zero-order valence-electron chi connectivity index (χ0n) is 8.82. The molecule has 4 nitrogen and oxygen atoms in total. The smallest absolute Gasteiger partial charge is 0.134 e. The molecule has 4 heteroatoms. The molecule has 16 heavy (non-hydrogen) atoms. The minimum atomic E-state index is 0.575. The molecule has 0 unspecified atom stereocenters. The molecule has 0 fully saturated rings. The zero-order valence-corrected chi connectivity index (χ0v) is 8.82. The maximum absolute atomic E-state index is 5.82. The maximum Gasteiger partial charge on any atom is 0.134 e. The van der Waals surface area contributed by atoms with Gasteiger partial charge in [-0.2, -0.15) is 5.10 Å². The summed E-state index contributed by atoms with van der Waals surface area (Å²) < 4.78 is 5.58. The summed E-state index contributed by atoms with van der Waals surface area (Å²) in [6, 6.07) is 7.92. The number of benzene rings is 1. The summed E-state index contributed by atoms with van der Waals surface area (Å²) in [4.78, 5) is 0. The quantitative estimate of drug-likeness (QED) is 0.653. The third kappa shape index (κ3) is 1.20. The summed E-state index contributed by atoms with van der Waals surface area (Å²) in [6.07, 6.45) is 1.73. The van der Waals surface area contributed by atoms with Crippen molar-refractivity contribution in [3.63, 3.8) is 0 Å². The van der Waals surface area contributed by atoms with Crippen LogP contribution in [-0.4, -0.2) is 10.2 Å². The van der Waals surface area contributed by atoms with Gasteiger partial charge in [0, 0.05) is 10.9 Å². The standard InChI is InChI=1S/C12H11N3O/c1-7-5-9-8(3-2-4-11(9)16-7)10-6-14-15-12(10)13/h2-6H,1H3,(H3,13,14,15). The van der Waals surface area contributed by atoms with Crippen LogP contribution in [0.1, 0.15) is 5.76 Å². The van der Waals surface area contributed by atoms with Crippen molar-refractivity contribution in [1.29, 1.82) is 0 Å². The molecule has 1 aromatic carbocycles. The molecule has 0 atom stereocenters. The molecule has 3 rings (SSSR count). The molecule has 2 aromatic heterocycles. The third-order valence-corrected chi connectivity index (χ3v) is 2.64. The van der Waals surface area contributed by atoms with Crippen LogP contribution in [0.5, 0.6) is 0 Å². The first-order chi connectivity index (χ1) is 7.75. The maximum atomic E-state index is 5.82. The summed E-state index contributed by atoms with van der Waals surface area (Å²) in [6.45, 7) is 1.93. The molecule has 0 aliphatic carbocycles. The largest absolute Gasteiger partial charge is 0.461 e. The van der Waals surface area contributed by atoms with Crippen LogP contribution in [-0.2, 0) is 0 Å². The van der Waals surface area contributed by atoms with Crippen LogP contribution in [0, 0.1) is 6.92 Å². The molecule has 0 bridgehead atoms. The molecule has 3 N–H and O–H groups in total. The van der Waals surface area contributed by atoms with Gasteiger partial charge in [0.15, 0.2) is 0 Å². The molecule has 0 spiro atoms. The highest BCUT2D eigenvalue weighted by molar-refractivity contribution is 5.96. The van der Waals surface area contributed by atoms with Crippen molar-refractivity contribution >= 4 is 16.8 Å². The zero-order chi connectivity index (χ0) is 11.1. The van der Waals surface area contributed by atoms with Gasteiger partial charge >= 0.3 is 0 Å². The van der Waals surface area contributed by atoms with Gasteiger partial charge in [0.05, 0.1) is 6.20 Å². The van der Waals surface area contributed by atoms with Crippen LogP contribution >= 0.6 is 0 Å². The van der Waals surface area contributed by atoms with Crippen molar-refractivity contribution in [2.45, 2.75) is 6.92 Å². The predicted molar refractivity (Wildman–Crippen MR) is 62.9 cm³/mol. The van der Waals surface area contributed by atoms with E-state index >= 15 is 0 Å². The third-order valence-electron chi connectivity index (χ3n) is 2.64. The molecule has 0 radical (unpaired) electrons. The minimum Gasteiger partial charge on any atom is -0.461 e. The fraction of sp³-hybridized carbons (Fsp3) is 0.0833. The number of anilines is 1. The highest BCUT2D eigenvalue weighted by atomic mass is 16.3. The average Bonchev–Trinajstić information content (AvgIpc) is 2.82. The van der Waals surface area contributed by atoms with Gasteiger partial charge in [0.1, 0.15) is 17.2 Å². The SMILES string of the molecule is Cc1cc2c(-c3cn[nH]c3N)cccc2o1. The Morgan fingerprint density at radius 1 is 1.31 bits per heavy atom. The Morgan fingerprint density at radius 3 is 2.94 bits per heavy atom. The van der Waals surface area contributed by atoms with Crippen LogP contribution < -0.4 is 5.73 Å². The van der Waals surface area contributed by atoms with E-state index in [1.54, 1.807) is 6.20 Å². The first-order valence-electron chi connectivity index (χ1n) is 5.04. The van der Waals surface area contributed by atoms with Gasteiger partial charge in [0.2, 0.25) is 0 Å². The number of hydrogen-bond acceptors (Lipinski definition) is 3. The molecule has 0 saturated heterocycles. The van der Waals surface area contributed by atoms with E-state index in [9.17, 15) is 0 Å². The number of nitrogens with two attached hydrogens (primary N) is 1. The summed E-state index contributed by atoms with van der Waals surface area (Å²) in [5, 5.41) is 7.73. The Bertz CT molecular complexity index is 651. The summed E-state index contributed by atoms with van der Waals surface area (Å²) in [5.41, 5.74) is 8.64. The summed E-state index contributed by atoms with van der Waals surface area (Å²) in [5.74, 6) is 1.47. The van der Waals surface area contributed by atoms with Crippen LogP contribution in [0.3, 0.4) is 0 Å². The lowest BCUT2D eigenvalue weighted by atomic mass is 10.0. The van der Waals surface area contributed by atoms with E-state index in [0.29, 0.717) is 5.82 Å². The Balaban J connectivity index is 2.35. The lowest BCUT2D eigenvalue weighted by molar-refractivity contribution is 0.578. The number of H-pyrrole nitrogens is 1. The lowest BCUT2D eigenvalue weighted by Gasteiger charge is -2.00. The van der Waals surface area contributed by atoms with E-state index < -0.39 is 0 Å². The van der Waals surface area contributed by atoms with Gasteiger partial charge in [0.25, 0.3) is 0 Å². The Morgan fingerprint density at radius 2 is 2.19 bits per heavy atom.